The topological polar surface area (TPSA) is 97.1 Å². The molecule has 1 aromatic carbocycles. The zero-order valence-corrected chi connectivity index (χ0v) is 13.5. The number of nitrogen functional groups attached to an aromatic ring is 1. The van der Waals surface area contributed by atoms with Crippen LogP contribution in [-0.4, -0.2) is 27.0 Å². The van der Waals surface area contributed by atoms with Crippen molar-refractivity contribution in [1.82, 2.24) is 9.71 Å². The van der Waals surface area contributed by atoms with Gasteiger partial charge in [0, 0.05) is 24.0 Å². The highest BCUT2D eigenvalue weighted by molar-refractivity contribution is 7.89. The van der Waals surface area contributed by atoms with Gasteiger partial charge >= 0.3 is 0 Å². The second-order valence-electron chi connectivity index (χ2n) is 4.61. The maximum atomic E-state index is 11.8. The first-order valence-electron chi connectivity index (χ1n) is 6.40. The number of aromatic nitrogens is 1. The number of sulfonamides is 1. The fraction of sp³-hybridized carbons (Fsp3) is 0.308. The van der Waals surface area contributed by atoms with Crippen molar-refractivity contribution in [3.05, 3.63) is 34.8 Å². The molecule has 0 aliphatic carbocycles. The molecule has 1 heterocycles. The number of thiazole rings is 1. The molecule has 0 saturated carbocycles. The van der Waals surface area contributed by atoms with Gasteiger partial charge in [-0.3, -0.25) is 0 Å². The molecule has 0 saturated heterocycles. The Balaban J connectivity index is 2.15. The third-order valence-corrected chi connectivity index (χ3v) is 5.49. The van der Waals surface area contributed by atoms with Crippen LogP contribution in [0.4, 0.5) is 11.4 Å². The lowest BCUT2D eigenvalue weighted by atomic mass is 10.2. The second kappa shape index (κ2) is 6.42. The first-order valence-corrected chi connectivity index (χ1v) is 8.76. The summed E-state index contributed by atoms with van der Waals surface area (Å²) < 4.78 is 25.9. The van der Waals surface area contributed by atoms with Gasteiger partial charge in [-0.05, 0) is 25.2 Å². The van der Waals surface area contributed by atoms with Crippen LogP contribution in [-0.2, 0) is 10.0 Å². The number of nitrogens with one attached hydrogen (secondary N) is 2. The van der Waals surface area contributed by atoms with Crippen molar-refractivity contribution >= 4 is 32.7 Å². The fourth-order valence-electron chi connectivity index (χ4n) is 1.80. The molecule has 0 bridgehead atoms. The van der Waals surface area contributed by atoms with E-state index in [2.05, 4.69) is 21.9 Å². The summed E-state index contributed by atoms with van der Waals surface area (Å²) in [6, 6.07) is 4.60. The Morgan fingerprint density at radius 1 is 1.43 bits per heavy atom. The van der Waals surface area contributed by atoms with Gasteiger partial charge < -0.3 is 11.1 Å². The van der Waals surface area contributed by atoms with Crippen LogP contribution in [0.3, 0.4) is 0 Å². The molecule has 0 spiro atoms. The Morgan fingerprint density at radius 3 is 2.81 bits per heavy atom. The highest BCUT2D eigenvalue weighted by Crippen LogP contribution is 2.24. The van der Waals surface area contributed by atoms with E-state index >= 15 is 0 Å². The van der Waals surface area contributed by atoms with Crippen LogP contribution < -0.4 is 15.8 Å². The molecule has 2 rings (SSSR count). The largest absolute Gasteiger partial charge is 0.397 e. The smallest absolute Gasteiger partial charge is 0.240 e. The van der Waals surface area contributed by atoms with Gasteiger partial charge in [0.25, 0.3) is 0 Å². The van der Waals surface area contributed by atoms with Crippen molar-refractivity contribution in [2.45, 2.75) is 17.7 Å². The molecule has 2 aromatic rings. The summed E-state index contributed by atoms with van der Waals surface area (Å²) in [4.78, 5) is 4.45. The fourth-order valence-corrected chi connectivity index (χ4v) is 3.26. The lowest BCUT2D eigenvalue weighted by Gasteiger charge is -2.14. The number of rotatable bonds is 6. The molecule has 1 atom stereocenters. The monoisotopic (exact) mass is 326 g/mol. The normalized spacial score (nSPS) is 13.0. The Morgan fingerprint density at radius 2 is 2.19 bits per heavy atom. The van der Waals surface area contributed by atoms with E-state index in [0.717, 1.165) is 5.01 Å². The maximum absolute atomic E-state index is 11.8. The summed E-state index contributed by atoms with van der Waals surface area (Å²) in [6.07, 6.45) is 1.77. The average molecular weight is 326 g/mol. The van der Waals surface area contributed by atoms with E-state index in [1.165, 1.54) is 19.2 Å². The van der Waals surface area contributed by atoms with Crippen LogP contribution in [0, 0.1) is 0 Å². The van der Waals surface area contributed by atoms with Crippen molar-refractivity contribution in [1.29, 1.82) is 0 Å². The number of nitrogens with zero attached hydrogens (tertiary/aromatic N) is 1. The zero-order chi connectivity index (χ0) is 15.5. The molecule has 1 aromatic heterocycles. The molecule has 0 amide bonds. The first-order chi connectivity index (χ1) is 9.94. The molecule has 6 nitrogen and oxygen atoms in total. The molecular formula is C13H18N4O2S2. The van der Waals surface area contributed by atoms with Crippen molar-refractivity contribution in [2.75, 3.05) is 24.6 Å². The first kappa shape index (κ1) is 15.7. The standard InChI is InChI=1S/C13H18N4O2S2/c1-9(13-16-5-6-20-13)8-17-12-7-10(3-4-11(12)14)21(18,19)15-2/h3-7,9,15,17H,8,14H2,1-2H3. The van der Waals surface area contributed by atoms with E-state index in [1.54, 1.807) is 23.6 Å². The second-order valence-corrected chi connectivity index (χ2v) is 7.42. The van der Waals surface area contributed by atoms with Crippen LogP contribution in [0.1, 0.15) is 17.8 Å². The maximum Gasteiger partial charge on any atom is 0.240 e. The van der Waals surface area contributed by atoms with E-state index in [0.29, 0.717) is 17.9 Å². The van der Waals surface area contributed by atoms with Crippen LogP contribution in [0.2, 0.25) is 0 Å². The van der Waals surface area contributed by atoms with E-state index in [4.69, 9.17) is 5.73 Å². The summed E-state index contributed by atoms with van der Waals surface area (Å²) in [7, 11) is -2.10. The highest BCUT2D eigenvalue weighted by Gasteiger charge is 2.14. The molecule has 0 aliphatic heterocycles. The average Bonchev–Trinajstić information content (AvgIpc) is 3.00. The third kappa shape index (κ3) is 3.72. The summed E-state index contributed by atoms with van der Waals surface area (Å²) in [5.74, 6) is 0.217. The third-order valence-electron chi connectivity index (χ3n) is 3.08. The van der Waals surface area contributed by atoms with Crippen molar-refractivity contribution in [2.24, 2.45) is 0 Å². The molecular weight excluding hydrogens is 308 g/mol. The summed E-state index contributed by atoms with van der Waals surface area (Å²) in [6.45, 7) is 2.68. The Kier molecular flexibility index (Phi) is 4.81. The van der Waals surface area contributed by atoms with Crippen LogP contribution in [0.5, 0.6) is 0 Å². The Bertz CT molecular complexity index is 699. The molecule has 114 valence electrons. The number of benzene rings is 1. The van der Waals surface area contributed by atoms with Crippen LogP contribution in [0.25, 0.3) is 0 Å². The van der Waals surface area contributed by atoms with Gasteiger partial charge in [-0.25, -0.2) is 18.1 Å². The van der Waals surface area contributed by atoms with E-state index in [9.17, 15) is 8.42 Å². The molecule has 21 heavy (non-hydrogen) atoms. The Labute approximate surface area is 128 Å². The predicted molar refractivity (Wildman–Crippen MR) is 86.1 cm³/mol. The van der Waals surface area contributed by atoms with Gasteiger partial charge in [0.1, 0.15) is 0 Å². The van der Waals surface area contributed by atoms with Gasteiger partial charge in [0.15, 0.2) is 0 Å². The number of hydrogen-bond acceptors (Lipinski definition) is 6. The minimum absolute atomic E-state index is 0.184. The van der Waals surface area contributed by atoms with Crippen molar-refractivity contribution in [3.8, 4) is 0 Å². The minimum Gasteiger partial charge on any atom is -0.397 e. The molecule has 8 heteroatoms. The van der Waals surface area contributed by atoms with Crippen LogP contribution in [0.15, 0.2) is 34.7 Å². The van der Waals surface area contributed by atoms with Gasteiger partial charge in [-0.2, -0.15) is 0 Å². The van der Waals surface area contributed by atoms with Crippen molar-refractivity contribution in [3.63, 3.8) is 0 Å². The molecule has 1 unspecified atom stereocenters. The lowest BCUT2D eigenvalue weighted by Crippen LogP contribution is -2.19. The molecule has 0 fully saturated rings. The number of hydrogen-bond donors (Lipinski definition) is 3. The summed E-state index contributed by atoms with van der Waals surface area (Å²) in [5.41, 5.74) is 7.01. The SMILES string of the molecule is CNS(=O)(=O)c1ccc(N)c(NCC(C)c2nccs2)c1. The van der Waals surface area contributed by atoms with Gasteiger partial charge in [0.05, 0.1) is 21.3 Å². The summed E-state index contributed by atoms with van der Waals surface area (Å²) in [5, 5.41) is 6.15. The number of anilines is 2. The van der Waals surface area contributed by atoms with E-state index in [-0.39, 0.29) is 10.8 Å². The van der Waals surface area contributed by atoms with Gasteiger partial charge in [-0.15, -0.1) is 11.3 Å². The molecule has 0 aliphatic rings. The van der Waals surface area contributed by atoms with Gasteiger partial charge in [-0.1, -0.05) is 6.92 Å². The lowest BCUT2D eigenvalue weighted by molar-refractivity contribution is 0.588. The molecule has 0 radical (unpaired) electrons. The number of nitrogens with two attached hydrogens (primary N) is 1. The minimum atomic E-state index is -3.48. The quantitative estimate of drug-likeness (QED) is 0.704. The summed E-state index contributed by atoms with van der Waals surface area (Å²) >= 11 is 1.59. The highest BCUT2D eigenvalue weighted by atomic mass is 32.2. The Hall–Kier alpha value is -1.64. The zero-order valence-electron chi connectivity index (χ0n) is 11.8. The van der Waals surface area contributed by atoms with Crippen LogP contribution >= 0.6 is 11.3 Å². The predicted octanol–water partition coefficient (Wildman–Crippen LogP) is 1.85. The van der Waals surface area contributed by atoms with E-state index in [1.807, 2.05) is 5.38 Å². The van der Waals surface area contributed by atoms with Gasteiger partial charge in [0.2, 0.25) is 10.0 Å². The van der Waals surface area contributed by atoms with E-state index < -0.39 is 10.0 Å². The molecule has 4 N–H and O–H groups in total. The van der Waals surface area contributed by atoms with Crippen molar-refractivity contribution < 1.29 is 8.42 Å².